The van der Waals surface area contributed by atoms with Gasteiger partial charge in [0, 0.05) is 0 Å². The molecule has 0 aliphatic rings. The van der Waals surface area contributed by atoms with E-state index in [1.54, 1.807) is 0 Å². The molecule has 0 nitrogen and oxygen atoms in total. The summed E-state index contributed by atoms with van der Waals surface area (Å²) in [6.45, 7) is 0. The van der Waals surface area contributed by atoms with Gasteiger partial charge in [0.05, 0.1) is 0 Å². The smallest absolute Gasteiger partial charge is 0.00136 e. The van der Waals surface area contributed by atoms with Gasteiger partial charge in [-0.25, -0.2) is 0 Å². The van der Waals surface area contributed by atoms with E-state index >= 15 is 0 Å². The highest BCUT2D eigenvalue weighted by atomic mass is 14.3. The Morgan fingerprint density at radius 2 is 0.258 bits per heavy atom. The molecule has 0 amide bonds. The van der Waals surface area contributed by atoms with Crippen molar-refractivity contribution >= 4 is 64.6 Å². The second-order valence-corrected chi connectivity index (χ2v) is 17.6. The van der Waals surface area contributed by atoms with Crippen molar-refractivity contribution in [3.05, 3.63) is 255 Å². The van der Waals surface area contributed by atoms with E-state index in [-0.39, 0.29) is 0 Å². The van der Waals surface area contributed by atoms with Gasteiger partial charge in [0.15, 0.2) is 0 Å². The van der Waals surface area contributed by atoms with E-state index in [1.807, 2.05) is 0 Å². The van der Waals surface area contributed by atoms with E-state index < -0.39 is 0 Å². The Morgan fingerprint density at radius 3 is 0.409 bits per heavy atom. The van der Waals surface area contributed by atoms with E-state index in [2.05, 4.69) is 255 Å². The molecule has 0 heterocycles. The third-order valence-corrected chi connectivity index (χ3v) is 13.7. The molecular formula is C66H42. The number of benzene rings is 13. The molecule has 0 saturated carbocycles. The summed E-state index contributed by atoms with van der Waals surface area (Å²) in [5.74, 6) is 0. The highest BCUT2D eigenvalue weighted by Crippen LogP contribution is 2.57. The molecule has 0 N–H and O–H groups in total. The van der Waals surface area contributed by atoms with E-state index in [1.165, 1.54) is 131 Å². The fourth-order valence-corrected chi connectivity index (χ4v) is 10.6. The van der Waals surface area contributed by atoms with Gasteiger partial charge in [-0.05, 0) is 168 Å². The monoisotopic (exact) mass is 834 g/mol. The molecule has 0 radical (unpaired) electrons. The molecule has 0 bridgehead atoms. The Kier molecular flexibility index (Phi) is 8.96. The molecule has 306 valence electrons. The maximum Gasteiger partial charge on any atom is -0.00136 e. The van der Waals surface area contributed by atoms with Crippen LogP contribution in [0.25, 0.3) is 131 Å². The third-order valence-electron chi connectivity index (χ3n) is 13.7. The summed E-state index contributed by atoms with van der Waals surface area (Å²) in [7, 11) is 0. The maximum absolute atomic E-state index is 2.42. The van der Waals surface area contributed by atoms with Crippen LogP contribution in [0.4, 0.5) is 0 Å². The van der Waals surface area contributed by atoms with Crippen LogP contribution in [0.15, 0.2) is 255 Å². The Hall–Kier alpha value is -8.58. The van der Waals surface area contributed by atoms with Crippen LogP contribution in [0.1, 0.15) is 0 Å². The molecule has 0 aliphatic heterocycles. The number of hydrogen-bond acceptors (Lipinski definition) is 0. The molecule has 0 atom stereocenters. The molecule has 0 aliphatic carbocycles. The van der Waals surface area contributed by atoms with Crippen LogP contribution >= 0.6 is 0 Å². The summed E-state index contributed by atoms with van der Waals surface area (Å²) in [4.78, 5) is 0. The number of hydrogen-bond donors (Lipinski definition) is 0. The summed E-state index contributed by atoms with van der Waals surface area (Å²) in [5.41, 5.74) is 14.3. The Morgan fingerprint density at radius 1 is 0.121 bits per heavy atom. The minimum Gasteiger partial charge on any atom is -0.0616 e. The second kappa shape index (κ2) is 15.6. The number of rotatable bonds is 6. The first-order valence-corrected chi connectivity index (χ1v) is 22.9. The highest BCUT2D eigenvalue weighted by Gasteiger charge is 2.30. The van der Waals surface area contributed by atoms with Gasteiger partial charge in [-0.15, -0.1) is 0 Å². The lowest BCUT2D eigenvalue weighted by molar-refractivity contribution is 1.54. The summed E-state index contributed by atoms with van der Waals surface area (Å²) in [5, 5.41) is 14.6. The molecule has 13 aromatic rings. The molecule has 0 aromatic heterocycles. The molecule has 0 fully saturated rings. The first-order valence-electron chi connectivity index (χ1n) is 22.9. The fourth-order valence-electron chi connectivity index (χ4n) is 10.6. The van der Waals surface area contributed by atoms with Crippen molar-refractivity contribution < 1.29 is 0 Å². The quantitative estimate of drug-likeness (QED) is 0.157. The zero-order chi connectivity index (χ0) is 43.6. The third kappa shape index (κ3) is 6.46. The van der Waals surface area contributed by atoms with Crippen molar-refractivity contribution in [2.45, 2.75) is 0 Å². The lowest BCUT2D eigenvalue weighted by Crippen LogP contribution is -2.02. The predicted molar refractivity (Wildman–Crippen MR) is 284 cm³/mol. The van der Waals surface area contributed by atoms with Crippen LogP contribution in [-0.4, -0.2) is 0 Å². The van der Waals surface area contributed by atoms with Crippen molar-refractivity contribution in [2.75, 3.05) is 0 Å². The van der Waals surface area contributed by atoms with E-state index in [0.717, 1.165) is 0 Å². The lowest BCUT2D eigenvalue weighted by Gasteiger charge is -2.29. The van der Waals surface area contributed by atoms with Gasteiger partial charge in [0.25, 0.3) is 0 Å². The van der Waals surface area contributed by atoms with Crippen LogP contribution in [0.2, 0.25) is 0 Å². The SMILES string of the molecule is c1ccc2cc(-c3c(-c4ccc5ccccc5c4)c(-c4ccc5ccccc5c4)c(-c4ccc5ccccc5c4)c(-c4ccc5ccccc5c4)c3-c3ccc4ccccc4c3)ccc2c1. The molecule has 13 aromatic carbocycles. The highest BCUT2D eigenvalue weighted by molar-refractivity contribution is 6.18. The van der Waals surface area contributed by atoms with Gasteiger partial charge in [-0.1, -0.05) is 218 Å². The Labute approximate surface area is 384 Å². The van der Waals surface area contributed by atoms with Crippen molar-refractivity contribution in [1.29, 1.82) is 0 Å². The fraction of sp³-hybridized carbons (Fsp3) is 0. The van der Waals surface area contributed by atoms with Crippen molar-refractivity contribution in [3.63, 3.8) is 0 Å². The van der Waals surface area contributed by atoms with Crippen LogP contribution in [0, 0.1) is 0 Å². The van der Waals surface area contributed by atoms with E-state index in [4.69, 9.17) is 0 Å². The van der Waals surface area contributed by atoms with Gasteiger partial charge in [-0.2, -0.15) is 0 Å². The van der Waals surface area contributed by atoms with E-state index in [0.29, 0.717) is 0 Å². The van der Waals surface area contributed by atoms with Crippen molar-refractivity contribution in [1.82, 2.24) is 0 Å². The van der Waals surface area contributed by atoms with Crippen molar-refractivity contribution in [2.24, 2.45) is 0 Å². The average molecular weight is 835 g/mol. The van der Waals surface area contributed by atoms with Gasteiger partial charge in [-0.3, -0.25) is 0 Å². The van der Waals surface area contributed by atoms with Gasteiger partial charge < -0.3 is 0 Å². The summed E-state index contributed by atoms with van der Waals surface area (Å²) < 4.78 is 0. The van der Waals surface area contributed by atoms with Crippen LogP contribution in [0.3, 0.4) is 0 Å². The minimum absolute atomic E-state index is 1.18. The lowest BCUT2D eigenvalue weighted by atomic mass is 9.73. The molecule has 0 unspecified atom stereocenters. The molecule has 0 spiro atoms. The molecular weight excluding hydrogens is 793 g/mol. The average Bonchev–Trinajstić information content (AvgIpc) is 3.39. The number of fused-ring (bicyclic) bond motifs is 6. The summed E-state index contributed by atoms with van der Waals surface area (Å²) >= 11 is 0. The van der Waals surface area contributed by atoms with Crippen LogP contribution < -0.4 is 0 Å². The Bertz CT molecular complexity index is 3350. The zero-order valence-electron chi connectivity index (χ0n) is 36.2. The summed E-state index contributed by atoms with van der Waals surface area (Å²) in [6, 6.07) is 95.1. The van der Waals surface area contributed by atoms with Crippen molar-refractivity contribution in [3.8, 4) is 66.8 Å². The molecule has 66 heavy (non-hydrogen) atoms. The van der Waals surface area contributed by atoms with E-state index in [9.17, 15) is 0 Å². The second-order valence-electron chi connectivity index (χ2n) is 17.6. The van der Waals surface area contributed by atoms with Crippen LogP contribution in [0.5, 0.6) is 0 Å². The van der Waals surface area contributed by atoms with Crippen LogP contribution in [-0.2, 0) is 0 Å². The molecule has 0 saturated heterocycles. The molecule has 0 heteroatoms. The first-order chi connectivity index (χ1) is 32.7. The predicted octanol–water partition coefficient (Wildman–Crippen LogP) is 18.6. The topological polar surface area (TPSA) is 0 Å². The standard InChI is InChI=1S/C66H42/c1-7-19-49-37-55(31-25-43(49)13-1)61-62(56-32-26-44-14-2-8-20-50(44)38-56)64(58-34-28-46-16-4-10-22-52(46)40-58)66(60-36-30-48-18-6-12-24-54(48)42-60)65(59-35-29-47-17-5-11-23-53(47)41-59)63(61)57-33-27-45-15-3-9-21-51(45)39-57/h1-42H. The largest absolute Gasteiger partial charge is 0.0616 e. The van der Waals surface area contributed by atoms with Gasteiger partial charge in [0.2, 0.25) is 0 Å². The zero-order valence-corrected chi connectivity index (χ0v) is 36.2. The van der Waals surface area contributed by atoms with Gasteiger partial charge in [0.1, 0.15) is 0 Å². The van der Waals surface area contributed by atoms with Gasteiger partial charge >= 0.3 is 0 Å². The summed E-state index contributed by atoms with van der Waals surface area (Å²) in [6.07, 6.45) is 0. The maximum atomic E-state index is 2.42. The first kappa shape index (κ1) is 37.9. The minimum atomic E-state index is 1.18. The Balaban J connectivity index is 1.32. The molecule has 13 rings (SSSR count). The normalized spacial score (nSPS) is 11.6.